The average Bonchev–Trinajstić information content (AvgIpc) is 2.37. The number of hydrogen-bond acceptors (Lipinski definition) is 3. The van der Waals surface area contributed by atoms with E-state index in [2.05, 4.69) is 39.5 Å². The number of piperidine rings is 1. The highest BCUT2D eigenvalue weighted by atomic mass is 16.5. The monoisotopic (exact) mass is 284 g/mol. The summed E-state index contributed by atoms with van der Waals surface area (Å²) in [5.41, 5.74) is 6.43. The van der Waals surface area contributed by atoms with E-state index in [1.54, 1.807) is 0 Å². The highest BCUT2D eigenvalue weighted by Crippen LogP contribution is 2.34. The molecule has 0 aromatic rings. The van der Waals surface area contributed by atoms with Crippen LogP contribution in [-0.4, -0.2) is 43.3 Å². The van der Waals surface area contributed by atoms with Gasteiger partial charge in [-0.1, -0.05) is 34.6 Å². The zero-order valence-corrected chi connectivity index (χ0v) is 14.5. The predicted octanol–water partition coefficient (Wildman–Crippen LogP) is 3.13. The molecule has 2 N–H and O–H groups in total. The molecule has 1 fully saturated rings. The van der Waals surface area contributed by atoms with Crippen LogP contribution < -0.4 is 5.73 Å². The van der Waals surface area contributed by atoms with Crippen LogP contribution in [0.2, 0.25) is 0 Å². The van der Waals surface area contributed by atoms with E-state index in [1.807, 2.05) is 7.11 Å². The van der Waals surface area contributed by atoms with Crippen LogP contribution in [0.4, 0.5) is 0 Å². The maximum absolute atomic E-state index is 6.27. The number of nitrogens with zero attached hydrogens (tertiary/aromatic N) is 1. The number of rotatable bonds is 7. The zero-order chi connectivity index (χ0) is 15.3. The molecule has 20 heavy (non-hydrogen) atoms. The summed E-state index contributed by atoms with van der Waals surface area (Å²) in [4.78, 5) is 2.64. The van der Waals surface area contributed by atoms with Gasteiger partial charge in [0.15, 0.2) is 0 Å². The molecule has 2 unspecified atom stereocenters. The lowest BCUT2D eigenvalue weighted by atomic mass is 9.78. The first-order valence-electron chi connectivity index (χ1n) is 8.32. The number of ether oxygens (including phenoxy) is 1. The highest BCUT2D eigenvalue weighted by molar-refractivity contribution is 4.96. The fourth-order valence-electron chi connectivity index (χ4n) is 3.93. The second kappa shape index (κ2) is 7.77. The van der Waals surface area contributed by atoms with E-state index in [0.29, 0.717) is 23.9 Å². The number of likely N-dealkylation sites (tertiary alicyclic amines) is 1. The molecule has 1 heterocycles. The van der Waals surface area contributed by atoms with Gasteiger partial charge in [-0.05, 0) is 43.6 Å². The van der Waals surface area contributed by atoms with Crippen molar-refractivity contribution in [3.8, 4) is 0 Å². The van der Waals surface area contributed by atoms with Gasteiger partial charge in [-0.3, -0.25) is 4.90 Å². The van der Waals surface area contributed by atoms with Gasteiger partial charge in [0.1, 0.15) is 0 Å². The standard InChI is InChI=1S/C17H36N2O/c1-13(2)9-17(12-18,10-14(3)4)19-8-7-15(5)16(11-19)20-6/h13-16H,7-12,18H2,1-6H3. The minimum Gasteiger partial charge on any atom is -0.380 e. The first-order valence-corrected chi connectivity index (χ1v) is 8.32. The number of nitrogens with two attached hydrogens (primary N) is 1. The van der Waals surface area contributed by atoms with Gasteiger partial charge in [0.05, 0.1) is 6.10 Å². The lowest BCUT2D eigenvalue weighted by Crippen LogP contribution is -2.60. The third kappa shape index (κ3) is 4.44. The fourth-order valence-corrected chi connectivity index (χ4v) is 3.93. The summed E-state index contributed by atoms with van der Waals surface area (Å²) in [6.07, 6.45) is 3.95. The summed E-state index contributed by atoms with van der Waals surface area (Å²) in [5, 5.41) is 0. The second-order valence-electron chi connectivity index (χ2n) is 7.61. The topological polar surface area (TPSA) is 38.5 Å². The molecule has 1 aliphatic rings. The lowest BCUT2D eigenvalue weighted by Gasteiger charge is -2.50. The molecule has 1 saturated heterocycles. The molecule has 1 aliphatic heterocycles. The van der Waals surface area contributed by atoms with Gasteiger partial charge in [-0.25, -0.2) is 0 Å². The summed E-state index contributed by atoms with van der Waals surface area (Å²) in [6, 6.07) is 0. The predicted molar refractivity (Wildman–Crippen MR) is 86.8 cm³/mol. The van der Waals surface area contributed by atoms with Crippen molar-refractivity contribution in [2.75, 3.05) is 26.7 Å². The van der Waals surface area contributed by atoms with Gasteiger partial charge < -0.3 is 10.5 Å². The molecule has 3 nitrogen and oxygen atoms in total. The Balaban J connectivity index is 2.91. The number of hydrogen-bond donors (Lipinski definition) is 1. The van der Waals surface area contributed by atoms with E-state index < -0.39 is 0 Å². The largest absolute Gasteiger partial charge is 0.380 e. The molecule has 3 heteroatoms. The molecule has 0 aromatic heterocycles. The molecule has 120 valence electrons. The van der Waals surface area contributed by atoms with E-state index in [0.717, 1.165) is 19.6 Å². The fraction of sp³-hybridized carbons (Fsp3) is 1.00. The van der Waals surface area contributed by atoms with Crippen LogP contribution in [0.1, 0.15) is 53.9 Å². The Bertz CT molecular complexity index is 268. The molecular formula is C17H36N2O. The second-order valence-corrected chi connectivity index (χ2v) is 7.61. The van der Waals surface area contributed by atoms with Crippen molar-refractivity contribution in [3.63, 3.8) is 0 Å². The minimum absolute atomic E-state index is 0.152. The molecule has 0 radical (unpaired) electrons. The molecule has 0 saturated carbocycles. The summed E-state index contributed by atoms with van der Waals surface area (Å²) in [6.45, 7) is 14.5. The van der Waals surface area contributed by atoms with Gasteiger partial charge in [-0.2, -0.15) is 0 Å². The zero-order valence-electron chi connectivity index (χ0n) is 14.5. The van der Waals surface area contributed by atoms with E-state index in [4.69, 9.17) is 10.5 Å². The van der Waals surface area contributed by atoms with E-state index in [9.17, 15) is 0 Å². The molecule has 0 spiro atoms. The van der Waals surface area contributed by atoms with Gasteiger partial charge in [0.25, 0.3) is 0 Å². The quantitative estimate of drug-likeness (QED) is 0.780. The third-order valence-corrected chi connectivity index (χ3v) is 4.82. The first-order chi connectivity index (χ1) is 9.34. The van der Waals surface area contributed by atoms with E-state index in [1.165, 1.54) is 19.3 Å². The SMILES string of the molecule is COC1CN(C(CN)(CC(C)C)CC(C)C)CCC1C. The normalized spacial score (nSPS) is 25.6. The highest BCUT2D eigenvalue weighted by Gasteiger charge is 2.40. The summed E-state index contributed by atoms with van der Waals surface area (Å²) < 4.78 is 5.70. The van der Waals surface area contributed by atoms with Gasteiger partial charge in [0.2, 0.25) is 0 Å². The van der Waals surface area contributed by atoms with Crippen LogP contribution in [0, 0.1) is 17.8 Å². The van der Waals surface area contributed by atoms with Crippen molar-refractivity contribution in [1.82, 2.24) is 4.90 Å². The van der Waals surface area contributed by atoms with Crippen molar-refractivity contribution in [2.24, 2.45) is 23.5 Å². The Morgan fingerprint density at radius 3 is 2.15 bits per heavy atom. The smallest absolute Gasteiger partial charge is 0.0724 e. The third-order valence-electron chi connectivity index (χ3n) is 4.82. The van der Waals surface area contributed by atoms with Crippen molar-refractivity contribution in [3.05, 3.63) is 0 Å². The Kier molecular flexibility index (Phi) is 6.96. The maximum Gasteiger partial charge on any atom is 0.0724 e. The average molecular weight is 284 g/mol. The Morgan fingerprint density at radius 2 is 1.75 bits per heavy atom. The van der Waals surface area contributed by atoms with Crippen molar-refractivity contribution >= 4 is 0 Å². The minimum atomic E-state index is 0.152. The lowest BCUT2D eigenvalue weighted by molar-refractivity contribution is -0.0558. The summed E-state index contributed by atoms with van der Waals surface area (Å²) in [7, 11) is 1.85. The molecule has 0 amide bonds. The van der Waals surface area contributed by atoms with Gasteiger partial charge in [-0.15, -0.1) is 0 Å². The van der Waals surface area contributed by atoms with E-state index in [-0.39, 0.29) is 5.54 Å². The van der Waals surface area contributed by atoms with Gasteiger partial charge >= 0.3 is 0 Å². The van der Waals surface area contributed by atoms with Crippen LogP contribution in [0.15, 0.2) is 0 Å². The van der Waals surface area contributed by atoms with Crippen LogP contribution in [0.5, 0.6) is 0 Å². The number of methoxy groups -OCH3 is 1. The molecule has 0 aliphatic carbocycles. The molecule has 0 aromatic carbocycles. The Labute approximate surface area is 126 Å². The van der Waals surface area contributed by atoms with Crippen molar-refractivity contribution in [2.45, 2.75) is 65.5 Å². The van der Waals surface area contributed by atoms with Crippen LogP contribution >= 0.6 is 0 Å². The summed E-state index contributed by atoms with van der Waals surface area (Å²) >= 11 is 0. The first kappa shape index (κ1) is 17.9. The maximum atomic E-state index is 6.27. The summed E-state index contributed by atoms with van der Waals surface area (Å²) in [5.74, 6) is 2.01. The molecular weight excluding hydrogens is 248 g/mol. The Morgan fingerprint density at radius 1 is 1.20 bits per heavy atom. The van der Waals surface area contributed by atoms with Crippen LogP contribution in [0.3, 0.4) is 0 Å². The molecule has 0 bridgehead atoms. The van der Waals surface area contributed by atoms with Crippen LogP contribution in [0.25, 0.3) is 0 Å². The van der Waals surface area contributed by atoms with Crippen LogP contribution in [-0.2, 0) is 4.74 Å². The van der Waals surface area contributed by atoms with Crippen molar-refractivity contribution in [1.29, 1.82) is 0 Å². The van der Waals surface area contributed by atoms with E-state index >= 15 is 0 Å². The molecule has 1 rings (SSSR count). The Hall–Kier alpha value is -0.120. The van der Waals surface area contributed by atoms with Gasteiger partial charge in [0, 0.05) is 25.7 Å². The van der Waals surface area contributed by atoms with Crippen molar-refractivity contribution < 1.29 is 4.74 Å². The molecule has 2 atom stereocenters.